The minimum atomic E-state index is -5.08. The Balaban J connectivity index is 0.000000405. The van der Waals surface area contributed by atoms with Gasteiger partial charge in [-0.15, -0.1) is 0 Å². The number of aryl methyl sites for hydroxylation is 1. The first-order valence-electron chi connectivity index (χ1n) is 11.5. The molecule has 3 aromatic heterocycles. The molecule has 0 spiro atoms. The van der Waals surface area contributed by atoms with Crippen molar-refractivity contribution in [1.29, 1.82) is 0 Å². The number of halogens is 4. The molecule has 0 aliphatic carbocycles. The maximum atomic E-state index is 13.7. The molecule has 5 rings (SSSR count). The Kier molecular flexibility index (Phi) is 7.71. The fourth-order valence-corrected chi connectivity index (χ4v) is 4.03. The Bertz CT molecular complexity index is 1360. The number of piperazine rings is 1. The second-order valence-electron chi connectivity index (χ2n) is 8.37. The quantitative estimate of drug-likeness (QED) is 0.402. The van der Waals surface area contributed by atoms with E-state index in [1.54, 1.807) is 18.5 Å². The van der Waals surface area contributed by atoms with Gasteiger partial charge in [0.2, 0.25) is 0 Å². The summed E-state index contributed by atoms with van der Waals surface area (Å²) in [6, 6.07) is 6.59. The Morgan fingerprint density at radius 2 is 1.84 bits per heavy atom. The molecule has 9 nitrogen and oxygen atoms in total. The first-order valence-corrected chi connectivity index (χ1v) is 11.5. The SMILES string of the molecule is CCn1cc(CN2CCN(c3nccn4c(-c5cccc(F)c5)cnc34)CC2)cn1.O=C(O)C(F)(F)F. The van der Waals surface area contributed by atoms with E-state index in [0.29, 0.717) is 0 Å². The van der Waals surface area contributed by atoms with Gasteiger partial charge in [0.15, 0.2) is 11.5 Å². The van der Waals surface area contributed by atoms with Crippen molar-refractivity contribution >= 4 is 17.4 Å². The van der Waals surface area contributed by atoms with Crippen molar-refractivity contribution in [3.63, 3.8) is 0 Å². The average molecular weight is 520 g/mol. The molecule has 0 atom stereocenters. The van der Waals surface area contributed by atoms with Crippen LogP contribution in [0.4, 0.5) is 23.4 Å². The second-order valence-corrected chi connectivity index (χ2v) is 8.37. The van der Waals surface area contributed by atoms with Crippen LogP contribution in [0.3, 0.4) is 0 Å². The Morgan fingerprint density at radius 1 is 1.11 bits per heavy atom. The van der Waals surface area contributed by atoms with Gasteiger partial charge in [-0.1, -0.05) is 12.1 Å². The van der Waals surface area contributed by atoms with Crippen LogP contribution in [0, 0.1) is 5.82 Å². The Labute approximate surface area is 209 Å². The van der Waals surface area contributed by atoms with Crippen LogP contribution in [0.1, 0.15) is 12.5 Å². The lowest BCUT2D eigenvalue weighted by atomic mass is 10.1. The number of hydrogen-bond acceptors (Lipinski definition) is 6. The molecular weight excluding hydrogens is 494 g/mol. The van der Waals surface area contributed by atoms with Crippen LogP contribution in [0.2, 0.25) is 0 Å². The summed E-state index contributed by atoms with van der Waals surface area (Å²) in [5.74, 6) is -2.14. The van der Waals surface area contributed by atoms with E-state index in [1.165, 1.54) is 17.7 Å². The summed E-state index contributed by atoms with van der Waals surface area (Å²) in [7, 11) is 0. The van der Waals surface area contributed by atoms with E-state index in [1.807, 2.05) is 27.5 Å². The maximum Gasteiger partial charge on any atom is 0.490 e. The Hall–Kier alpha value is -4.00. The van der Waals surface area contributed by atoms with Crippen molar-refractivity contribution in [1.82, 2.24) is 29.0 Å². The molecule has 1 saturated heterocycles. The number of carboxylic acid groups (broad SMARTS) is 1. The third-order valence-corrected chi connectivity index (χ3v) is 5.86. The highest BCUT2D eigenvalue weighted by atomic mass is 19.4. The van der Waals surface area contributed by atoms with Crippen molar-refractivity contribution < 1.29 is 27.5 Å². The molecule has 0 amide bonds. The van der Waals surface area contributed by atoms with Crippen molar-refractivity contribution in [2.45, 2.75) is 26.2 Å². The largest absolute Gasteiger partial charge is 0.490 e. The van der Waals surface area contributed by atoms with Crippen LogP contribution in [0.5, 0.6) is 0 Å². The number of hydrogen-bond donors (Lipinski definition) is 1. The average Bonchev–Trinajstić information content (AvgIpc) is 3.51. The minimum absolute atomic E-state index is 0.252. The van der Waals surface area contributed by atoms with Gasteiger partial charge in [-0.05, 0) is 19.1 Å². The summed E-state index contributed by atoms with van der Waals surface area (Å²) in [5, 5.41) is 11.5. The van der Waals surface area contributed by atoms with Gasteiger partial charge in [-0.25, -0.2) is 19.2 Å². The van der Waals surface area contributed by atoms with E-state index in [-0.39, 0.29) is 5.82 Å². The lowest BCUT2D eigenvalue weighted by molar-refractivity contribution is -0.192. The lowest BCUT2D eigenvalue weighted by Gasteiger charge is -2.35. The number of fused-ring (bicyclic) bond motifs is 1. The number of aliphatic carboxylic acids is 1. The number of rotatable bonds is 5. The summed E-state index contributed by atoms with van der Waals surface area (Å²) >= 11 is 0. The van der Waals surface area contributed by atoms with Gasteiger partial charge in [0, 0.05) is 69.0 Å². The van der Waals surface area contributed by atoms with Crippen LogP contribution in [0.15, 0.2) is 55.2 Å². The lowest BCUT2D eigenvalue weighted by Crippen LogP contribution is -2.46. The van der Waals surface area contributed by atoms with E-state index < -0.39 is 12.1 Å². The topological polar surface area (TPSA) is 91.8 Å². The van der Waals surface area contributed by atoms with Gasteiger partial charge in [0.25, 0.3) is 0 Å². The molecule has 1 aliphatic heterocycles. The number of nitrogens with zero attached hydrogens (tertiary/aromatic N) is 7. The fourth-order valence-electron chi connectivity index (χ4n) is 4.03. The van der Waals surface area contributed by atoms with Crippen LogP contribution in [0.25, 0.3) is 16.9 Å². The molecule has 4 aromatic rings. The fraction of sp³-hybridized carbons (Fsp3) is 0.333. The van der Waals surface area contributed by atoms with Gasteiger partial charge in [0.05, 0.1) is 18.1 Å². The van der Waals surface area contributed by atoms with Crippen molar-refractivity contribution in [3.05, 3.63) is 66.6 Å². The van der Waals surface area contributed by atoms with E-state index in [0.717, 1.165) is 62.0 Å². The zero-order valence-electron chi connectivity index (χ0n) is 19.9. The molecule has 1 fully saturated rings. The summed E-state index contributed by atoms with van der Waals surface area (Å²) < 4.78 is 49.4. The summed E-state index contributed by atoms with van der Waals surface area (Å²) in [4.78, 5) is 22.8. The molecule has 0 bridgehead atoms. The molecule has 13 heteroatoms. The molecule has 1 N–H and O–H groups in total. The van der Waals surface area contributed by atoms with Gasteiger partial charge < -0.3 is 10.0 Å². The molecule has 1 aromatic carbocycles. The predicted molar refractivity (Wildman–Crippen MR) is 127 cm³/mol. The highest BCUT2D eigenvalue weighted by molar-refractivity contribution is 5.73. The van der Waals surface area contributed by atoms with Crippen LogP contribution < -0.4 is 4.90 Å². The number of aromatic nitrogens is 5. The highest BCUT2D eigenvalue weighted by Crippen LogP contribution is 2.26. The summed E-state index contributed by atoms with van der Waals surface area (Å²) in [5.41, 5.74) is 3.71. The molecule has 0 saturated carbocycles. The number of anilines is 1. The van der Waals surface area contributed by atoms with Gasteiger partial charge >= 0.3 is 12.1 Å². The molecule has 0 unspecified atom stereocenters. The number of benzene rings is 1. The molecular formula is C24H25F4N7O2. The van der Waals surface area contributed by atoms with Gasteiger partial charge in [-0.2, -0.15) is 18.3 Å². The molecule has 37 heavy (non-hydrogen) atoms. The van der Waals surface area contributed by atoms with E-state index >= 15 is 0 Å². The highest BCUT2D eigenvalue weighted by Gasteiger charge is 2.38. The van der Waals surface area contributed by atoms with E-state index in [9.17, 15) is 17.6 Å². The zero-order chi connectivity index (χ0) is 26.6. The first-order chi connectivity index (χ1) is 17.7. The van der Waals surface area contributed by atoms with Crippen LogP contribution in [-0.2, 0) is 17.9 Å². The summed E-state index contributed by atoms with van der Waals surface area (Å²) in [6.45, 7) is 7.59. The normalized spacial score (nSPS) is 14.5. The second kappa shape index (κ2) is 10.9. The van der Waals surface area contributed by atoms with E-state index in [4.69, 9.17) is 9.90 Å². The third-order valence-electron chi connectivity index (χ3n) is 5.86. The van der Waals surface area contributed by atoms with Crippen molar-refractivity contribution in [2.75, 3.05) is 31.1 Å². The van der Waals surface area contributed by atoms with Crippen LogP contribution in [-0.4, -0.2) is 72.5 Å². The molecule has 4 heterocycles. The maximum absolute atomic E-state index is 13.7. The van der Waals surface area contributed by atoms with Crippen molar-refractivity contribution in [2.24, 2.45) is 0 Å². The number of carboxylic acids is 1. The predicted octanol–water partition coefficient (Wildman–Crippen LogP) is 3.71. The number of imidazole rings is 1. The monoisotopic (exact) mass is 519 g/mol. The molecule has 0 radical (unpaired) electrons. The molecule has 1 aliphatic rings. The summed E-state index contributed by atoms with van der Waals surface area (Å²) in [6.07, 6.45) is 4.45. The molecule has 196 valence electrons. The van der Waals surface area contributed by atoms with E-state index in [2.05, 4.69) is 38.0 Å². The van der Waals surface area contributed by atoms with Gasteiger partial charge in [-0.3, -0.25) is 14.0 Å². The smallest absolute Gasteiger partial charge is 0.475 e. The first kappa shape index (κ1) is 26.1. The minimum Gasteiger partial charge on any atom is -0.475 e. The number of carbonyl (C=O) groups is 1. The Morgan fingerprint density at radius 3 is 2.46 bits per heavy atom. The number of alkyl halides is 3. The third kappa shape index (κ3) is 6.23. The van der Waals surface area contributed by atoms with Crippen molar-refractivity contribution in [3.8, 4) is 11.3 Å². The van der Waals surface area contributed by atoms with Crippen LogP contribution >= 0.6 is 0 Å². The van der Waals surface area contributed by atoms with Gasteiger partial charge in [0.1, 0.15) is 5.82 Å². The zero-order valence-corrected chi connectivity index (χ0v) is 19.9. The standard InChI is InChI=1S/C22H24FN7.C2HF3O2/c1-2-29-16-17(13-26-29)15-27-8-10-28(11-9-27)21-22-25-14-20(30(22)7-6-24-21)18-4-3-5-19(23)12-18;3-2(4,5)1(6)7/h3-7,12-14,16H,2,8-11,15H2,1H3;(H,6,7).